The molecule has 0 unspecified atom stereocenters. The predicted octanol–water partition coefficient (Wildman–Crippen LogP) is 2.49. The highest BCUT2D eigenvalue weighted by Crippen LogP contribution is 2.29. The maximum Gasteiger partial charge on any atom is 0.0851 e. The average Bonchev–Trinajstić information content (AvgIpc) is 2.65. The Morgan fingerprint density at radius 1 is 1.15 bits per heavy atom. The number of aliphatic imine (C=N–C) groups is 1. The quantitative estimate of drug-likeness (QED) is 0.593. The SMILES string of the molecule is C1=Nc2cnc3ccccc3c2C1. The van der Waals surface area contributed by atoms with Crippen molar-refractivity contribution in [3.8, 4) is 0 Å². The molecule has 2 heteroatoms. The van der Waals surface area contributed by atoms with E-state index < -0.39 is 0 Å². The Balaban J connectivity index is 2.46. The van der Waals surface area contributed by atoms with Crippen LogP contribution in [0.15, 0.2) is 35.5 Å². The van der Waals surface area contributed by atoms with Crippen LogP contribution in [-0.2, 0) is 6.42 Å². The number of rotatable bonds is 0. The first kappa shape index (κ1) is 6.78. The summed E-state index contributed by atoms with van der Waals surface area (Å²) < 4.78 is 0. The first-order chi connectivity index (χ1) is 6.45. The van der Waals surface area contributed by atoms with E-state index >= 15 is 0 Å². The van der Waals surface area contributed by atoms with Crippen LogP contribution in [0, 0.1) is 0 Å². The largest absolute Gasteiger partial charge is 0.259 e. The van der Waals surface area contributed by atoms with Gasteiger partial charge in [0.05, 0.1) is 17.4 Å². The maximum absolute atomic E-state index is 4.34. The summed E-state index contributed by atoms with van der Waals surface area (Å²) in [6.07, 6.45) is 4.73. The van der Waals surface area contributed by atoms with Crippen molar-refractivity contribution in [1.82, 2.24) is 4.98 Å². The summed E-state index contributed by atoms with van der Waals surface area (Å²) >= 11 is 0. The van der Waals surface area contributed by atoms with Gasteiger partial charge < -0.3 is 0 Å². The summed E-state index contributed by atoms with van der Waals surface area (Å²) in [5, 5.41) is 1.23. The smallest absolute Gasteiger partial charge is 0.0851 e. The molecular formula is C11H8N2. The topological polar surface area (TPSA) is 25.2 Å². The van der Waals surface area contributed by atoms with E-state index in [1.165, 1.54) is 10.9 Å². The van der Waals surface area contributed by atoms with Crippen molar-refractivity contribution in [3.63, 3.8) is 0 Å². The molecule has 1 aliphatic rings. The molecule has 0 spiro atoms. The molecule has 0 atom stereocenters. The van der Waals surface area contributed by atoms with Crippen LogP contribution in [0.1, 0.15) is 5.56 Å². The second kappa shape index (κ2) is 2.39. The van der Waals surface area contributed by atoms with Crippen LogP contribution in [0.25, 0.3) is 10.9 Å². The first-order valence-electron chi connectivity index (χ1n) is 4.34. The zero-order valence-corrected chi connectivity index (χ0v) is 7.07. The van der Waals surface area contributed by atoms with Gasteiger partial charge in [-0.3, -0.25) is 9.98 Å². The van der Waals surface area contributed by atoms with Gasteiger partial charge in [0.25, 0.3) is 0 Å². The molecule has 62 valence electrons. The van der Waals surface area contributed by atoms with Crippen molar-refractivity contribution in [2.45, 2.75) is 6.42 Å². The number of hydrogen-bond donors (Lipinski definition) is 0. The third-order valence-electron chi connectivity index (χ3n) is 2.39. The molecule has 0 aliphatic carbocycles. The van der Waals surface area contributed by atoms with Crippen molar-refractivity contribution in [2.24, 2.45) is 4.99 Å². The van der Waals surface area contributed by atoms with Crippen molar-refractivity contribution in [2.75, 3.05) is 0 Å². The maximum atomic E-state index is 4.34. The Morgan fingerprint density at radius 3 is 3.08 bits per heavy atom. The lowest BCUT2D eigenvalue weighted by molar-refractivity contribution is 1.35. The lowest BCUT2D eigenvalue weighted by atomic mass is 10.1. The van der Waals surface area contributed by atoms with Crippen molar-refractivity contribution in [3.05, 3.63) is 36.0 Å². The summed E-state index contributed by atoms with van der Waals surface area (Å²) in [7, 11) is 0. The summed E-state index contributed by atoms with van der Waals surface area (Å²) in [6.45, 7) is 0. The van der Waals surface area contributed by atoms with Gasteiger partial charge in [-0.05, 0) is 11.6 Å². The monoisotopic (exact) mass is 168 g/mol. The Kier molecular flexibility index (Phi) is 1.25. The molecule has 0 N–H and O–H groups in total. The Labute approximate surface area is 76.0 Å². The highest BCUT2D eigenvalue weighted by atomic mass is 14.8. The highest BCUT2D eigenvalue weighted by Gasteiger charge is 2.10. The summed E-state index contributed by atoms with van der Waals surface area (Å²) in [5.41, 5.74) is 3.40. The molecule has 0 radical (unpaired) electrons. The van der Waals surface area contributed by atoms with Gasteiger partial charge >= 0.3 is 0 Å². The van der Waals surface area contributed by atoms with Gasteiger partial charge in [-0.1, -0.05) is 18.2 Å². The molecule has 2 heterocycles. The van der Waals surface area contributed by atoms with Crippen LogP contribution in [0.3, 0.4) is 0 Å². The van der Waals surface area contributed by atoms with Crippen molar-refractivity contribution < 1.29 is 0 Å². The molecule has 1 aromatic heterocycles. The zero-order valence-electron chi connectivity index (χ0n) is 7.07. The van der Waals surface area contributed by atoms with Crippen LogP contribution in [0.2, 0.25) is 0 Å². The van der Waals surface area contributed by atoms with Gasteiger partial charge in [0.15, 0.2) is 0 Å². The van der Waals surface area contributed by atoms with Crippen LogP contribution in [0.5, 0.6) is 0 Å². The summed E-state index contributed by atoms with van der Waals surface area (Å²) in [4.78, 5) is 8.60. The molecule has 0 saturated heterocycles. The zero-order chi connectivity index (χ0) is 8.67. The molecular weight excluding hydrogens is 160 g/mol. The molecule has 3 rings (SSSR count). The van der Waals surface area contributed by atoms with E-state index in [0.29, 0.717) is 0 Å². The lowest BCUT2D eigenvalue weighted by Gasteiger charge is -2.01. The molecule has 2 aromatic rings. The third kappa shape index (κ3) is 0.886. The van der Waals surface area contributed by atoms with E-state index in [9.17, 15) is 0 Å². The Bertz CT molecular complexity index is 500. The number of aromatic nitrogens is 1. The van der Waals surface area contributed by atoms with Gasteiger partial charge in [0.2, 0.25) is 0 Å². The molecule has 13 heavy (non-hydrogen) atoms. The molecule has 0 saturated carbocycles. The second-order valence-corrected chi connectivity index (χ2v) is 3.15. The third-order valence-corrected chi connectivity index (χ3v) is 2.39. The van der Waals surface area contributed by atoms with Crippen molar-refractivity contribution >= 4 is 22.8 Å². The summed E-state index contributed by atoms with van der Waals surface area (Å²) in [5.74, 6) is 0. The van der Waals surface area contributed by atoms with Crippen LogP contribution in [-0.4, -0.2) is 11.2 Å². The Morgan fingerprint density at radius 2 is 2.08 bits per heavy atom. The molecule has 1 aliphatic heterocycles. The van der Waals surface area contributed by atoms with E-state index in [-0.39, 0.29) is 0 Å². The van der Waals surface area contributed by atoms with Gasteiger partial charge in [-0.25, -0.2) is 0 Å². The normalized spacial score (nSPS) is 13.5. The minimum Gasteiger partial charge on any atom is -0.259 e. The molecule has 1 aromatic carbocycles. The first-order valence-corrected chi connectivity index (χ1v) is 4.34. The lowest BCUT2D eigenvalue weighted by Crippen LogP contribution is -1.85. The number of pyridine rings is 1. The van der Waals surface area contributed by atoms with E-state index in [4.69, 9.17) is 0 Å². The van der Waals surface area contributed by atoms with Crippen molar-refractivity contribution in [1.29, 1.82) is 0 Å². The van der Waals surface area contributed by atoms with Gasteiger partial charge in [-0.15, -0.1) is 0 Å². The fourth-order valence-corrected chi connectivity index (χ4v) is 1.75. The minimum absolute atomic E-state index is 0.943. The fraction of sp³-hybridized carbons (Fsp3) is 0.0909. The number of fused-ring (bicyclic) bond motifs is 3. The van der Waals surface area contributed by atoms with Gasteiger partial charge in [-0.2, -0.15) is 0 Å². The molecule has 0 amide bonds. The predicted molar refractivity (Wildman–Crippen MR) is 53.6 cm³/mol. The van der Waals surface area contributed by atoms with Crippen LogP contribution in [0.4, 0.5) is 5.69 Å². The fourth-order valence-electron chi connectivity index (χ4n) is 1.75. The molecule has 0 fully saturated rings. The number of hydrogen-bond acceptors (Lipinski definition) is 2. The standard InChI is InChI=1S/C11H8N2/c1-2-4-10-8(3-1)9-5-6-12-11(9)7-13-10/h1-4,6-7H,5H2. The number of para-hydroxylation sites is 1. The number of nitrogens with zero attached hydrogens (tertiary/aromatic N) is 2. The van der Waals surface area contributed by atoms with E-state index in [1.807, 2.05) is 30.6 Å². The Hall–Kier alpha value is -1.70. The van der Waals surface area contributed by atoms with Crippen LogP contribution >= 0.6 is 0 Å². The van der Waals surface area contributed by atoms with Gasteiger partial charge in [0.1, 0.15) is 0 Å². The number of benzene rings is 1. The van der Waals surface area contributed by atoms with Crippen LogP contribution < -0.4 is 0 Å². The van der Waals surface area contributed by atoms with E-state index in [1.54, 1.807) is 0 Å². The molecule has 0 bridgehead atoms. The summed E-state index contributed by atoms with van der Waals surface area (Å²) in [6, 6.07) is 8.20. The van der Waals surface area contributed by atoms with E-state index in [0.717, 1.165) is 17.6 Å². The van der Waals surface area contributed by atoms with Gasteiger partial charge in [0, 0.05) is 18.0 Å². The average molecular weight is 168 g/mol. The molecule has 2 nitrogen and oxygen atoms in total. The van der Waals surface area contributed by atoms with E-state index in [2.05, 4.69) is 16.0 Å². The minimum atomic E-state index is 0.943. The second-order valence-electron chi connectivity index (χ2n) is 3.15. The highest BCUT2D eigenvalue weighted by molar-refractivity contribution is 5.91.